The Morgan fingerprint density at radius 2 is 1.71 bits per heavy atom. The average Bonchev–Trinajstić information content (AvgIpc) is 2.63. The van der Waals surface area contributed by atoms with Crippen LogP contribution in [0.3, 0.4) is 0 Å². The fourth-order valence-electron chi connectivity index (χ4n) is 2.78. The average molecular weight is 424 g/mol. The number of amides is 1. The molecule has 0 atom stereocenters. The Bertz CT molecular complexity index is 1130. The summed E-state index contributed by atoms with van der Waals surface area (Å²) in [6, 6.07) is 10.3. The molecule has 0 spiro atoms. The predicted molar refractivity (Wildman–Crippen MR) is 105 cm³/mol. The first-order chi connectivity index (χ1) is 13.1. The predicted octanol–water partition coefficient (Wildman–Crippen LogP) is 1.22. The molecule has 150 valence electrons. The number of sulfonamides is 2. The second kappa shape index (κ2) is 7.53. The number of nitrogens with zero attached hydrogens (tertiary/aromatic N) is 1. The maximum atomic E-state index is 12.8. The van der Waals surface area contributed by atoms with Gasteiger partial charge in [0.15, 0.2) is 0 Å². The van der Waals surface area contributed by atoms with Gasteiger partial charge in [0.25, 0.3) is 10.0 Å². The van der Waals surface area contributed by atoms with E-state index >= 15 is 0 Å². The highest BCUT2D eigenvalue weighted by atomic mass is 32.2. The van der Waals surface area contributed by atoms with Crippen molar-refractivity contribution in [1.29, 1.82) is 0 Å². The number of hydrogen-bond donors (Lipinski definition) is 2. The van der Waals surface area contributed by atoms with Crippen LogP contribution in [0.1, 0.15) is 11.1 Å². The van der Waals surface area contributed by atoms with Gasteiger partial charge >= 0.3 is 0 Å². The minimum Gasteiger partial charge on any atom is -0.354 e. The molecular weight excluding hydrogens is 402 g/mol. The van der Waals surface area contributed by atoms with Gasteiger partial charge in [-0.25, -0.2) is 16.8 Å². The van der Waals surface area contributed by atoms with Crippen molar-refractivity contribution in [3.8, 4) is 0 Å². The molecular formula is C18H21N3O5S2. The Morgan fingerprint density at radius 3 is 2.39 bits per heavy atom. The van der Waals surface area contributed by atoms with Crippen LogP contribution in [0, 0.1) is 13.8 Å². The van der Waals surface area contributed by atoms with E-state index in [4.69, 9.17) is 0 Å². The maximum Gasteiger partial charge on any atom is 0.261 e. The van der Waals surface area contributed by atoms with Crippen molar-refractivity contribution in [3.05, 3.63) is 53.6 Å². The lowest BCUT2D eigenvalue weighted by molar-refractivity contribution is -0.122. The summed E-state index contributed by atoms with van der Waals surface area (Å²) in [5, 5.41) is 2.57. The lowest BCUT2D eigenvalue weighted by atomic mass is 10.1. The Hall–Kier alpha value is -2.43. The Labute approximate surface area is 164 Å². The van der Waals surface area contributed by atoms with Crippen LogP contribution in [-0.4, -0.2) is 46.7 Å². The number of hydrogen-bond acceptors (Lipinski definition) is 5. The van der Waals surface area contributed by atoms with E-state index in [9.17, 15) is 21.6 Å². The van der Waals surface area contributed by atoms with Gasteiger partial charge < -0.3 is 5.32 Å². The Morgan fingerprint density at radius 1 is 0.964 bits per heavy atom. The van der Waals surface area contributed by atoms with Gasteiger partial charge in [-0.05, 0) is 55.3 Å². The summed E-state index contributed by atoms with van der Waals surface area (Å²) in [5.41, 5.74) is 1.93. The molecule has 0 bridgehead atoms. The van der Waals surface area contributed by atoms with E-state index in [-0.39, 0.29) is 41.0 Å². The smallest absolute Gasteiger partial charge is 0.261 e. The zero-order chi connectivity index (χ0) is 20.5. The highest BCUT2D eigenvalue weighted by Gasteiger charge is 2.29. The fraction of sp³-hybridized carbons (Fsp3) is 0.278. The second-order valence-corrected chi connectivity index (χ2v) is 10.2. The molecule has 1 fully saturated rings. The van der Waals surface area contributed by atoms with Crippen LogP contribution in [0.15, 0.2) is 52.3 Å². The van der Waals surface area contributed by atoms with Gasteiger partial charge in [0.1, 0.15) is 0 Å². The standard InChI is InChI=1S/C18H21N3O5S2/c1-13-6-7-16(10-14(13)2)27(23,24)20-15-4-3-5-17(11-15)28(25,26)21-9-8-19-18(22)12-21/h3-7,10-11,20H,8-9,12H2,1-2H3,(H,19,22). The minimum absolute atomic E-state index is 0.0810. The first kappa shape index (κ1) is 20.3. The third-order valence-electron chi connectivity index (χ3n) is 4.52. The number of anilines is 1. The number of piperazine rings is 1. The zero-order valence-corrected chi connectivity index (χ0v) is 17.1. The molecule has 3 rings (SSSR count). The largest absolute Gasteiger partial charge is 0.354 e. The SMILES string of the molecule is Cc1ccc(S(=O)(=O)Nc2cccc(S(=O)(=O)N3CCNC(=O)C3)c2)cc1C. The van der Waals surface area contributed by atoms with E-state index in [0.717, 1.165) is 15.4 Å². The Balaban J connectivity index is 1.88. The molecule has 1 aliphatic heterocycles. The van der Waals surface area contributed by atoms with Gasteiger partial charge in [-0.2, -0.15) is 4.31 Å². The summed E-state index contributed by atoms with van der Waals surface area (Å²) in [6.07, 6.45) is 0. The third kappa shape index (κ3) is 4.18. The van der Waals surface area contributed by atoms with Crippen LogP contribution >= 0.6 is 0 Å². The second-order valence-electron chi connectivity index (χ2n) is 6.57. The number of benzene rings is 2. The highest BCUT2D eigenvalue weighted by molar-refractivity contribution is 7.92. The van der Waals surface area contributed by atoms with E-state index in [1.807, 2.05) is 13.8 Å². The van der Waals surface area contributed by atoms with Crippen molar-refractivity contribution in [3.63, 3.8) is 0 Å². The van der Waals surface area contributed by atoms with Crippen LogP contribution in [0.4, 0.5) is 5.69 Å². The van der Waals surface area contributed by atoms with E-state index in [2.05, 4.69) is 10.0 Å². The van der Waals surface area contributed by atoms with Gasteiger partial charge in [-0.15, -0.1) is 0 Å². The van der Waals surface area contributed by atoms with Crippen molar-refractivity contribution in [2.75, 3.05) is 24.4 Å². The Kier molecular flexibility index (Phi) is 5.46. The van der Waals surface area contributed by atoms with Gasteiger partial charge in [0.05, 0.1) is 22.0 Å². The highest BCUT2D eigenvalue weighted by Crippen LogP contribution is 2.23. The molecule has 0 aromatic heterocycles. The molecule has 1 saturated heterocycles. The van der Waals surface area contributed by atoms with Crippen molar-refractivity contribution in [1.82, 2.24) is 9.62 Å². The van der Waals surface area contributed by atoms with Crippen LogP contribution in [0.2, 0.25) is 0 Å². The van der Waals surface area contributed by atoms with Crippen LogP contribution in [-0.2, 0) is 24.8 Å². The van der Waals surface area contributed by atoms with Crippen molar-refractivity contribution in [2.45, 2.75) is 23.6 Å². The molecule has 0 unspecified atom stereocenters. The van der Waals surface area contributed by atoms with Crippen LogP contribution < -0.4 is 10.0 Å². The quantitative estimate of drug-likeness (QED) is 0.751. The minimum atomic E-state index is -3.91. The summed E-state index contributed by atoms with van der Waals surface area (Å²) < 4.78 is 54.3. The number of carbonyl (C=O) groups is 1. The molecule has 0 radical (unpaired) electrons. The van der Waals surface area contributed by atoms with E-state index in [0.29, 0.717) is 0 Å². The monoisotopic (exact) mass is 423 g/mol. The normalized spacial score (nSPS) is 15.9. The fourth-order valence-corrected chi connectivity index (χ4v) is 5.36. The zero-order valence-electron chi connectivity index (χ0n) is 15.5. The molecule has 2 aromatic carbocycles. The van der Waals surface area contributed by atoms with Gasteiger partial charge in [0, 0.05) is 13.1 Å². The molecule has 1 amide bonds. The van der Waals surface area contributed by atoms with Gasteiger partial charge in [-0.1, -0.05) is 12.1 Å². The number of nitrogens with one attached hydrogen (secondary N) is 2. The lowest BCUT2D eigenvalue weighted by Gasteiger charge is -2.26. The van der Waals surface area contributed by atoms with E-state index in [1.54, 1.807) is 12.1 Å². The third-order valence-corrected chi connectivity index (χ3v) is 7.74. The molecule has 0 saturated carbocycles. The molecule has 10 heteroatoms. The molecule has 2 aromatic rings. The number of carbonyl (C=O) groups excluding carboxylic acids is 1. The topological polar surface area (TPSA) is 113 Å². The number of rotatable bonds is 5. The molecule has 2 N–H and O–H groups in total. The molecule has 0 aliphatic carbocycles. The molecule has 1 heterocycles. The van der Waals surface area contributed by atoms with Crippen LogP contribution in [0.25, 0.3) is 0 Å². The summed E-state index contributed by atoms with van der Waals surface area (Å²) in [4.78, 5) is 11.5. The van der Waals surface area contributed by atoms with Crippen molar-refractivity contribution >= 4 is 31.6 Å². The van der Waals surface area contributed by atoms with Crippen molar-refractivity contribution < 1.29 is 21.6 Å². The van der Waals surface area contributed by atoms with Gasteiger partial charge in [0.2, 0.25) is 15.9 Å². The molecule has 1 aliphatic rings. The maximum absolute atomic E-state index is 12.8. The first-order valence-corrected chi connectivity index (χ1v) is 11.5. The summed E-state index contributed by atoms with van der Waals surface area (Å²) in [5.74, 6) is -0.374. The summed E-state index contributed by atoms with van der Waals surface area (Å²) in [6.45, 7) is 3.83. The summed E-state index contributed by atoms with van der Waals surface area (Å²) in [7, 11) is -7.78. The van der Waals surface area contributed by atoms with E-state index in [1.165, 1.54) is 30.3 Å². The van der Waals surface area contributed by atoms with E-state index < -0.39 is 20.0 Å². The van der Waals surface area contributed by atoms with Crippen molar-refractivity contribution in [2.24, 2.45) is 0 Å². The molecule has 28 heavy (non-hydrogen) atoms. The molecule has 8 nitrogen and oxygen atoms in total. The lowest BCUT2D eigenvalue weighted by Crippen LogP contribution is -2.49. The number of aryl methyl sites for hydroxylation is 2. The van der Waals surface area contributed by atoms with Crippen LogP contribution in [0.5, 0.6) is 0 Å². The first-order valence-electron chi connectivity index (χ1n) is 8.56. The summed E-state index contributed by atoms with van der Waals surface area (Å²) >= 11 is 0. The van der Waals surface area contributed by atoms with Gasteiger partial charge in [-0.3, -0.25) is 9.52 Å².